The number of benzene rings is 1. The lowest BCUT2D eigenvalue weighted by atomic mass is 10.3. The monoisotopic (exact) mass is 245 g/mol. The molecule has 1 aliphatic rings. The fraction of sp³-hybridized carbons (Fsp3) is 0.500. The average Bonchev–Trinajstić information content (AvgIpc) is 3.14. The number of hydrogen-bond donors (Lipinski definition) is 2. The van der Waals surface area contributed by atoms with E-state index in [1.54, 1.807) is 0 Å². The summed E-state index contributed by atoms with van der Waals surface area (Å²) in [6, 6.07) is 8.85. The van der Waals surface area contributed by atoms with E-state index >= 15 is 0 Å². The van der Waals surface area contributed by atoms with Crippen LogP contribution in [0.5, 0.6) is 0 Å². The first-order chi connectivity index (χ1) is 8.88. The normalized spacial score (nSPS) is 15.4. The van der Waals surface area contributed by atoms with Gasteiger partial charge in [-0.3, -0.25) is 0 Å². The Bertz CT molecular complexity index is 531. The summed E-state index contributed by atoms with van der Waals surface area (Å²) in [6.45, 7) is 1.75. The Morgan fingerprint density at radius 2 is 2.17 bits per heavy atom. The minimum atomic E-state index is 0.156. The van der Waals surface area contributed by atoms with Crippen LogP contribution in [0.2, 0.25) is 0 Å². The molecule has 0 atom stereocenters. The maximum atomic E-state index is 9.18. The number of aliphatic hydroxyl groups is 1. The molecule has 0 radical (unpaired) electrons. The minimum absolute atomic E-state index is 0.156. The van der Waals surface area contributed by atoms with Crippen molar-refractivity contribution in [3.05, 3.63) is 30.1 Å². The second kappa shape index (κ2) is 5.08. The molecule has 18 heavy (non-hydrogen) atoms. The molecule has 0 unspecified atom stereocenters. The summed E-state index contributed by atoms with van der Waals surface area (Å²) < 4.78 is 2.13. The van der Waals surface area contributed by atoms with Crippen molar-refractivity contribution in [2.45, 2.75) is 31.8 Å². The molecule has 3 rings (SSSR count). The Kier molecular flexibility index (Phi) is 3.30. The van der Waals surface area contributed by atoms with Crippen LogP contribution in [0.3, 0.4) is 0 Å². The first-order valence-corrected chi connectivity index (χ1v) is 6.67. The van der Waals surface area contributed by atoms with Crippen molar-refractivity contribution >= 4 is 11.0 Å². The Labute approximate surface area is 107 Å². The number of imidazole rings is 1. The van der Waals surface area contributed by atoms with Crippen molar-refractivity contribution < 1.29 is 5.11 Å². The van der Waals surface area contributed by atoms with E-state index in [4.69, 9.17) is 0 Å². The molecule has 0 spiro atoms. The fourth-order valence-corrected chi connectivity index (χ4v) is 2.34. The molecular formula is C14H19N3O. The third-order valence-corrected chi connectivity index (χ3v) is 3.42. The second-order valence-corrected chi connectivity index (χ2v) is 4.87. The molecule has 1 fully saturated rings. The minimum Gasteiger partial charge on any atom is -0.395 e. The van der Waals surface area contributed by atoms with Gasteiger partial charge in [-0.25, -0.2) is 4.98 Å². The summed E-state index contributed by atoms with van der Waals surface area (Å²) in [4.78, 5) is 4.66. The maximum absolute atomic E-state index is 9.18. The Hall–Kier alpha value is -1.39. The number of hydrogen-bond acceptors (Lipinski definition) is 3. The largest absolute Gasteiger partial charge is 0.395 e. The van der Waals surface area contributed by atoms with Crippen molar-refractivity contribution in [1.82, 2.24) is 14.9 Å². The number of nitrogens with one attached hydrogen (secondary N) is 1. The zero-order valence-corrected chi connectivity index (χ0v) is 10.5. The zero-order valence-electron chi connectivity index (χ0n) is 10.5. The first kappa shape index (κ1) is 11.7. The molecule has 1 aromatic carbocycles. The predicted octanol–water partition coefficient (Wildman–Crippen LogP) is 1.32. The first-order valence-electron chi connectivity index (χ1n) is 6.67. The molecular weight excluding hydrogens is 226 g/mol. The highest BCUT2D eigenvalue weighted by molar-refractivity contribution is 5.75. The summed E-state index contributed by atoms with van der Waals surface area (Å²) in [5, 5.41) is 12.7. The molecule has 1 aromatic heterocycles. The highest BCUT2D eigenvalue weighted by Crippen LogP contribution is 2.19. The lowest BCUT2D eigenvalue weighted by Crippen LogP contribution is -2.21. The lowest BCUT2D eigenvalue weighted by Gasteiger charge is -2.07. The van der Waals surface area contributed by atoms with Gasteiger partial charge in [-0.15, -0.1) is 0 Å². The molecule has 4 heteroatoms. The SMILES string of the molecule is OCCn1c(CCNC2CC2)nc2ccccc21. The molecule has 2 N–H and O–H groups in total. The van der Waals surface area contributed by atoms with E-state index in [0.717, 1.165) is 35.9 Å². The van der Waals surface area contributed by atoms with Gasteiger partial charge >= 0.3 is 0 Å². The van der Waals surface area contributed by atoms with Gasteiger partial charge in [0, 0.05) is 25.6 Å². The van der Waals surface area contributed by atoms with Gasteiger partial charge in [0.25, 0.3) is 0 Å². The molecule has 2 aromatic rings. The number of aromatic nitrogens is 2. The molecule has 0 amide bonds. The fourth-order valence-electron chi connectivity index (χ4n) is 2.34. The lowest BCUT2D eigenvalue weighted by molar-refractivity contribution is 0.276. The summed E-state index contributed by atoms with van der Waals surface area (Å²) in [5.74, 6) is 1.07. The molecule has 0 aliphatic heterocycles. The van der Waals surface area contributed by atoms with Gasteiger partial charge in [0.05, 0.1) is 17.6 Å². The summed E-state index contributed by atoms with van der Waals surface area (Å²) in [6.07, 6.45) is 3.55. The molecule has 4 nitrogen and oxygen atoms in total. The van der Waals surface area contributed by atoms with Crippen LogP contribution in [0.25, 0.3) is 11.0 Å². The van der Waals surface area contributed by atoms with Crippen LogP contribution in [-0.2, 0) is 13.0 Å². The van der Waals surface area contributed by atoms with Crippen LogP contribution in [0.4, 0.5) is 0 Å². The van der Waals surface area contributed by atoms with Gasteiger partial charge < -0.3 is 15.0 Å². The third kappa shape index (κ3) is 2.40. The van der Waals surface area contributed by atoms with E-state index in [0.29, 0.717) is 6.54 Å². The number of para-hydroxylation sites is 2. The third-order valence-electron chi connectivity index (χ3n) is 3.42. The van der Waals surface area contributed by atoms with Gasteiger partial charge in [-0.05, 0) is 25.0 Å². The van der Waals surface area contributed by atoms with Crippen molar-refractivity contribution in [1.29, 1.82) is 0 Å². The molecule has 1 saturated carbocycles. The van der Waals surface area contributed by atoms with E-state index < -0.39 is 0 Å². The topological polar surface area (TPSA) is 50.1 Å². The van der Waals surface area contributed by atoms with Crippen LogP contribution in [0.15, 0.2) is 24.3 Å². The number of nitrogens with zero attached hydrogens (tertiary/aromatic N) is 2. The smallest absolute Gasteiger partial charge is 0.111 e. The van der Waals surface area contributed by atoms with E-state index in [1.165, 1.54) is 12.8 Å². The van der Waals surface area contributed by atoms with Crippen LogP contribution in [0, 0.1) is 0 Å². The van der Waals surface area contributed by atoms with Crippen LogP contribution in [-0.4, -0.2) is 33.9 Å². The van der Waals surface area contributed by atoms with Gasteiger partial charge in [0.1, 0.15) is 5.82 Å². The van der Waals surface area contributed by atoms with E-state index in [-0.39, 0.29) is 6.61 Å². The number of fused-ring (bicyclic) bond motifs is 1. The molecule has 0 bridgehead atoms. The second-order valence-electron chi connectivity index (χ2n) is 4.87. The molecule has 96 valence electrons. The Balaban J connectivity index is 1.81. The van der Waals surface area contributed by atoms with Gasteiger partial charge in [0.2, 0.25) is 0 Å². The summed E-state index contributed by atoms with van der Waals surface area (Å²) in [5.41, 5.74) is 2.14. The van der Waals surface area contributed by atoms with Gasteiger partial charge in [-0.1, -0.05) is 12.1 Å². The van der Waals surface area contributed by atoms with Crippen molar-refractivity contribution in [2.24, 2.45) is 0 Å². The Morgan fingerprint density at radius 3 is 2.94 bits per heavy atom. The Morgan fingerprint density at radius 1 is 1.33 bits per heavy atom. The van der Waals surface area contributed by atoms with Gasteiger partial charge in [-0.2, -0.15) is 0 Å². The zero-order chi connectivity index (χ0) is 12.4. The number of rotatable bonds is 6. The van der Waals surface area contributed by atoms with E-state index in [9.17, 15) is 5.11 Å². The highest BCUT2D eigenvalue weighted by atomic mass is 16.3. The standard InChI is InChI=1S/C14H19N3O/c18-10-9-17-13-4-2-1-3-12(13)16-14(17)7-8-15-11-5-6-11/h1-4,11,15,18H,5-10H2. The van der Waals surface area contributed by atoms with E-state index in [2.05, 4.69) is 20.9 Å². The van der Waals surface area contributed by atoms with Crippen molar-refractivity contribution in [3.63, 3.8) is 0 Å². The average molecular weight is 245 g/mol. The quantitative estimate of drug-likeness (QED) is 0.807. The highest BCUT2D eigenvalue weighted by Gasteiger charge is 2.20. The number of aliphatic hydroxyl groups excluding tert-OH is 1. The van der Waals surface area contributed by atoms with Crippen LogP contribution < -0.4 is 5.32 Å². The molecule has 1 aliphatic carbocycles. The van der Waals surface area contributed by atoms with Crippen molar-refractivity contribution in [2.75, 3.05) is 13.2 Å². The van der Waals surface area contributed by atoms with Gasteiger partial charge in [0.15, 0.2) is 0 Å². The van der Waals surface area contributed by atoms with Crippen LogP contribution >= 0.6 is 0 Å². The molecule has 1 heterocycles. The molecule has 0 saturated heterocycles. The summed E-state index contributed by atoms with van der Waals surface area (Å²) in [7, 11) is 0. The maximum Gasteiger partial charge on any atom is 0.111 e. The predicted molar refractivity (Wildman–Crippen MR) is 71.5 cm³/mol. The summed E-state index contributed by atoms with van der Waals surface area (Å²) >= 11 is 0. The van der Waals surface area contributed by atoms with Crippen LogP contribution in [0.1, 0.15) is 18.7 Å². The van der Waals surface area contributed by atoms with Crippen molar-refractivity contribution in [3.8, 4) is 0 Å². The van der Waals surface area contributed by atoms with E-state index in [1.807, 2.05) is 18.2 Å².